The molecule has 0 saturated carbocycles. The van der Waals surface area contributed by atoms with Crippen LogP contribution in [0.3, 0.4) is 0 Å². The number of rotatable bonds is 4. The van der Waals surface area contributed by atoms with Gasteiger partial charge in [-0.25, -0.2) is 4.98 Å². The van der Waals surface area contributed by atoms with E-state index in [0.29, 0.717) is 17.1 Å². The first-order valence-corrected chi connectivity index (χ1v) is 8.88. The molecule has 1 aromatic heterocycles. The fourth-order valence-corrected chi connectivity index (χ4v) is 3.43. The fourth-order valence-electron chi connectivity index (χ4n) is 3.26. The van der Waals surface area contributed by atoms with E-state index in [1.54, 1.807) is 29.3 Å². The summed E-state index contributed by atoms with van der Waals surface area (Å²) in [6, 6.07) is 19.2. The van der Waals surface area contributed by atoms with E-state index >= 15 is 0 Å². The third kappa shape index (κ3) is 3.29. The summed E-state index contributed by atoms with van der Waals surface area (Å²) in [7, 11) is 0. The number of anilines is 1. The number of amides is 2. The Bertz CT molecular complexity index is 1010. The lowest BCUT2D eigenvalue weighted by Gasteiger charge is -2.27. The molecule has 2 heterocycles. The molecule has 0 radical (unpaired) electrons. The Balaban J connectivity index is 1.70. The predicted molar refractivity (Wildman–Crippen MR) is 103 cm³/mol. The van der Waals surface area contributed by atoms with Crippen LogP contribution in [0, 0.1) is 0 Å². The molecule has 2 aromatic carbocycles. The second-order valence-corrected chi connectivity index (χ2v) is 6.63. The maximum absolute atomic E-state index is 13.1. The van der Waals surface area contributed by atoms with Crippen LogP contribution >= 0.6 is 11.6 Å². The molecule has 1 aliphatic heterocycles. The van der Waals surface area contributed by atoms with Crippen molar-refractivity contribution < 1.29 is 9.59 Å². The summed E-state index contributed by atoms with van der Waals surface area (Å²) >= 11 is 6.12. The first kappa shape index (κ1) is 17.2. The monoisotopic (exact) mass is 377 g/mol. The third-order valence-corrected chi connectivity index (χ3v) is 4.83. The molecule has 0 saturated heterocycles. The molecule has 0 bridgehead atoms. The van der Waals surface area contributed by atoms with Crippen molar-refractivity contribution in [3.8, 4) is 0 Å². The number of carbonyl (C=O) groups excluding carboxylic acids is 2. The van der Waals surface area contributed by atoms with E-state index in [1.807, 2.05) is 48.5 Å². The molecular formula is C21H16ClN3O2. The standard InChI is InChI=1S/C21H16ClN3O2/c22-17-11-6-12-23-19(17)24-20(26)18(14-7-2-1-3-8-14)25-13-15-9-4-5-10-16(15)21(25)27/h1-12,18H,13H2,(H,23,24,26)/t18-/m0/s1. The van der Waals surface area contributed by atoms with Crippen LogP contribution in [-0.4, -0.2) is 21.7 Å². The van der Waals surface area contributed by atoms with Gasteiger partial charge in [0, 0.05) is 18.3 Å². The number of carbonyl (C=O) groups is 2. The Hall–Kier alpha value is -3.18. The van der Waals surface area contributed by atoms with Crippen molar-refractivity contribution >= 4 is 29.2 Å². The largest absolute Gasteiger partial charge is 0.318 e. The zero-order valence-corrected chi connectivity index (χ0v) is 15.1. The van der Waals surface area contributed by atoms with Crippen LogP contribution in [0.1, 0.15) is 27.5 Å². The molecule has 134 valence electrons. The van der Waals surface area contributed by atoms with E-state index in [2.05, 4.69) is 10.3 Å². The van der Waals surface area contributed by atoms with Gasteiger partial charge in [0.2, 0.25) is 0 Å². The van der Waals surface area contributed by atoms with E-state index in [1.165, 1.54) is 0 Å². The molecule has 2 amide bonds. The smallest absolute Gasteiger partial charge is 0.255 e. The van der Waals surface area contributed by atoms with E-state index in [-0.39, 0.29) is 17.6 Å². The molecule has 3 aromatic rings. The van der Waals surface area contributed by atoms with Crippen molar-refractivity contribution in [2.24, 2.45) is 0 Å². The van der Waals surface area contributed by atoms with Crippen LogP contribution in [-0.2, 0) is 11.3 Å². The van der Waals surface area contributed by atoms with Crippen LogP contribution in [0.4, 0.5) is 5.82 Å². The van der Waals surface area contributed by atoms with Gasteiger partial charge in [0.05, 0.1) is 5.02 Å². The van der Waals surface area contributed by atoms with Crippen molar-refractivity contribution in [3.63, 3.8) is 0 Å². The van der Waals surface area contributed by atoms with Gasteiger partial charge in [-0.15, -0.1) is 0 Å². The van der Waals surface area contributed by atoms with Crippen molar-refractivity contribution in [1.29, 1.82) is 0 Å². The molecule has 5 nitrogen and oxygen atoms in total. The highest BCUT2D eigenvalue weighted by molar-refractivity contribution is 6.33. The van der Waals surface area contributed by atoms with Gasteiger partial charge in [-0.3, -0.25) is 9.59 Å². The van der Waals surface area contributed by atoms with E-state index in [4.69, 9.17) is 11.6 Å². The number of fused-ring (bicyclic) bond motifs is 1. The summed E-state index contributed by atoms with van der Waals surface area (Å²) in [5.74, 6) is -0.251. The number of hydrogen-bond donors (Lipinski definition) is 1. The quantitative estimate of drug-likeness (QED) is 0.745. The highest BCUT2D eigenvalue weighted by atomic mass is 35.5. The Morgan fingerprint density at radius 3 is 2.52 bits per heavy atom. The topological polar surface area (TPSA) is 62.3 Å². The zero-order valence-electron chi connectivity index (χ0n) is 14.3. The first-order chi connectivity index (χ1) is 13.1. The molecule has 1 N–H and O–H groups in total. The predicted octanol–water partition coefficient (Wildman–Crippen LogP) is 4.07. The van der Waals surface area contributed by atoms with Gasteiger partial charge in [-0.05, 0) is 29.3 Å². The summed E-state index contributed by atoms with van der Waals surface area (Å²) in [5, 5.41) is 3.10. The summed E-state index contributed by atoms with van der Waals surface area (Å²) in [5.41, 5.74) is 2.26. The number of hydrogen-bond acceptors (Lipinski definition) is 3. The summed E-state index contributed by atoms with van der Waals surface area (Å²) in [4.78, 5) is 31.8. The molecule has 27 heavy (non-hydrogen) atoms. The number of aromatic nitrogens is 1. The molecule has 1 atom stereocenters. The van der Waals surface area contributed by atoms with Gasteiger partial charge >= 0.3 is 0 Å². The van der Waals surface area contributed by atoms with Crippen molar-refractivity contribution in [2.45, 2.75) is 12.6 Å². The molecule has 0 unspecified atom stereocenters. The molecule has 1 aliphatic rings. The van der Waals surface area contributed by atoms with Gasteiger partial charge in [-0.1, -0.05) is 60.1 Å². The zero-order chi connectivity index (χ0) is 18.8. The lowest BCUT2D eigenvalue weighted by atomic mass is 10.0. The van der Waals surface area contributed by atoms with Gasteiger partial charge in [0.1, 0.15) is 6.04 Å². The molecule has 0 fully saturated rings. The molecule has 6 heteroatoms. The minimum Gasteiger partial charge on any atom is -0.318 e. The van der Waals surface area contributed by atoms with E-state index in [0.717, 1.165) is 11.1 Å². The second-order valence-electron chi connectivity index (χ2n) is 6.23. The summed E-state index contributed by atoms with van der Waals surface area (Å²) in [6.45, 7) is 0.373. The summed E-state index contributed by atoms with van der Waals surface area (Å²) < 4.78 is 0. The highest BCUT2D eigenvalue weighted by Crippen LogP contribution is 2.32. The van der Waals surface area contributed by atoms with Crippen molar-refractivity contribution in [3.05, 3.63) is 94.6 Å². The Morgan fingerprint density at radius 1 is 1.04 bits per heavy atom. The Kier molecular flexibility index (Phi) is 4.60. The van der Waals surface area contributed by atoms with Crippen LogP contribution in [0.25, 0.3) is 0 Å². The van der Waals surface area contributed by atoms with Gasteiger partial charge in [0.25, 0.3) is 11.8 Å². The third-order valence-electron chi connectivity index (χ3n) is 4.52. The number of nitrogens with one attached hydrogen (secondary N) is 1. The van der Waals surface area contributed by atoms with Gasteiger partial charge < -0.3 is 10.2 Å². The lowest BCUT2D eigenvalue weighted by Crippen LogP contribution is -2.37. The van der Waals surface area contributed by atoms with E-state index < -0.39 is 6.04 Å². The normalized spacial score (nSPS) is 14.0. The van der Waals surface area contributed by atoms with Crippen molar-refractivity contribution in [1.82, 2.24) is 9.88 Å². The Morgan fingerprint density at radius 2 is 1.78 bits per heavy atom. The molecule has 0 spiro atoms. The number of benzene rings is 2. The summed E-state index contributed by atoms with van der Waals surface area (Å²) in [6.07, 6.45) is 1.55. The van der Waals surface area contributed by atoms with Crippen molar-refractivity contribution in [2.75, 3.05) is 5.32 Å². The molecule has 4 rings (SSSR count). The average Bonchev–Trinajstić information content (AvgIpc) is 3.01. The van der Waals surface area contributed by atoms with E-state index in [9.17, 15) is 9.59 Å². The maximum atomic E-state index is 13.1. The number of pyridine rings is 1. The number of halogens is 1. The number of nitrogens with zero attached hydrogens (tertiary/aromatic N) is 2. The average molecular weight is 378 g/mol. The van der Waals surface area contributed by atoms with Crippen LogP contribution < -0.4 is 5.32 Å². The van der Waals surface area contributed by atoms with Crippen LogP contribution in [0.15, 0.2) is 72.9 Å². The molecule has 0 aliphatic carbocycles. The van der Waals surface area contributed by atoms with Gasteiger partial charge in [0.15, 0.2) is 5.82 Å². The fraction of sp³-hybridized carbons (Fsp3) is 0.0952. The van der Waals surface area contributed by atoms with Gasteiger partial charge in [-0.2, -0.15) is 0 Å². The lowest BCUT2D eigenvalue weighted by molar-refractivity contribution is -0.120. The van der Waals surface area contributed by atoms with Crippen LogP contribution in [0.2, 0.25) is 5.02 Å². The SMILES string of the molecule is O=C(Nc1ncccc1Cl)[C@H](c1ccccc1)N1Cc2ccccc2C1=O. The minimum atomic E-state index is -0.788. The van der Waals surface area contributed by atoms with Crippen LogP contribution in [0.5, 0.6) is 0 Å². The first-order valence-electron chi connectivity index (χ1n) is 8.50. The minimum absolute atomic E-state index is 0.165. The maximum Gasteiger partial charge on any atom is 0.255 e. The Labute approximate surface area is 161 Å². The second kappa shape index (κ2) is 7.21. The highest BCUT2D eigenvalue weighted by Gasteiger charge is 2.37. The molecular weight excluding hydrogens is 362 g/mol.